The maximum atomic E-state index is 11.2. The van der Waals surface area contributed by atoms with Crippen molar-refractivity contribution in [1.82, 2.24) is 0 Å². The van der Waals surface area contributed by atoms with Gasteiger partial charge in [0.25, 0.3) is 0 Å². The maximum Gasteiger partial charge on any atom is 0.339 e. The van der Waals surface area contributed by atoms with E-state index in [-0.39, 0.29) is 28.6 Å². The van der Waals surface area contributed by atoms with Crippen LogP contribution in [0.4, 0.5) is 5.69 Å². The largest absolute Gasteiger partial charge is 0.497 e. The minimum atomic E-state index is -1.15. The molecule has 0 atom stereocenters. The molecule has 6 heteroatoms. The number of carbonyl (C=O) groups is 1. The molecule has 0 heterocycles. The van der Waals surface area contributed by atoms with Crippen LogP contribution in [0.15, 0.2) is 36.4 Å². The molecule has 0 aliphatic rings. The van der Waals surface area contributed by atoms with E-state index >= 15 is 0 Å². The lowest BCUT2D eigenvalue weighted by atomic mass is 10.1. The first-order valence-electron chi connectivity index (χ1n) is 6.09. The molecule has 5 nitrogen and oxygen atoms in total. The lowest BCUT2D eigenvalue weighted by Crippen LogP contribution is -2.05. The summed E-state index contributed by atoms with van der Waals surface area (Å²) >= 11 is 6.01. The normalized spacial score (nSPS) is 10.2. The Bertz CT molecular complexity index is 673. The summed E-state index contributed by atoms with van der Waals surface area (Å²) in [4.78, 5) is 11.2. The van der Waals surface area contributed by atoms with Crippen molar-refractivity contribution in [3.05, 3.63) is 52.5 Å². The van der Waals surface area contributed by atoms with Gasteiger partial charge in [0.15, 0.2) is 5.75 Å². The van der Waals surface area contributed by atoms with E-state index in [1.807, 2.05) is 18.2 Å². The van der Waals surface area contributed by atoms with Crippen LogP contribution < -0.4 is 15.2 Å². The SMILES string of the molecule is COc1cccc(COc2c(Cl)cc(N)cc2C(=O)O)c1. The van der Waals surface area contributed by atoms with Gasteiger partial charge >= 0.3 is 5.97 Å². The predicted molar refractivity (Wildman–Crippen MR) is 80.1 cm³/mol. The Balaban J connectivity index is 2.25. The Morgan fingerprint density at radius 2 is 2.10 bits per heavy atom. The van der Waals surface area contributed by atoms with Gasteiger partial charge in [-0.25, -0.2) is 4.79 Å². The molecule has 2 aromatic rings. The van der Waals surface area contributed by atoms with Gasteiger partial charge in [0.05, 0.1) is 12.1 Å². The molecule has 0 aliphatic carbocycles. The number of hydrogen-bond donors (Lipinski definition) is 2. The summed E-state index contributed by atoms with van der Waals surface area (Å²) in [6, 6.07) is 10.0. The third-order valence-electron chi connectivity index (χ3n) is 2.81. The first-order valence-corrected chi connectivity index (χ1v) is 6.47. The molecular weight excluding hydrogens is 294 g/mol. The van der Waals surface area contributed by atoms with Crippen molar-refractivity contribution in [2.24, 2.45) is 0 Å². The Hall–Kier alpha value is -2.40. The highest BCUT2D eigenvalue weighted by molar-refractivity contribution is 6.33. The molecule has 110 valence electrons. The molecule has 0 spiro atoms. The van der Waals surface area contributed by atoms with Crippen LogP contribution in [0.2, 0.25) is 5.02 Å². The van der Waals surface area contributed by atoms with Crippen molar-refractivity contribution in [2.45, 2.75) is 6.61 Å². The molecule has 0 aromatic heterocycles. The summed E-state index contributed by atoms with van der Waals surface area (Å²) in [6.07, 6.45) is 0. The average molecular weight is 308 g/mol. The zero-order valence-electron chi connectivity index (χ0n) is 11.3. The first kappa shape index (κ1) is 15.0. The van der Waals surface area contributed by atoms with E-state index in [0.29, 0.717) is 5.75 Å². The van der Waals surface area contributed by atoms with Crippen LogP contribution in [0.1, 0.15) is 15.9 Å². The fourth-order valence-electron chi connectivity index (χ4n) is 1.84. The van der Waals surface area contributed by atoms with Crippen LogP contribution in [0.25, 0.3) is 0 Å². The summed E-state index contributed by atoms with van der Waals surface area (Å²) in [5.41, 5.74) is 6.63. The van der Waals surface area contributed by atoms with E-state index < -0.39 is 5.97 Å². The topological polar surface area (TPSA) is 81.8 Å². The van der Waals surface area contributed by atoms with Crippen LogP contribution in [0.5, 0.6) is 11.5 Å². The van der Waals surface area contributed by atoms with E-state index in [1.165, 1.54) is 12.1 Å². The highest BCUT2D eigenvalue weighted by Crippen LogP contribution is 2.32. The molecule has 0 aliphatic heterocycles. The number of benzene rings is 2. The first-order chi connectivity index (χ1) is 10.0. The number of carboxylic acids is 1. The zero-order chi connectivity index (χ0) is 15.4. The molecule has 0 bridgehead atoms. The molecule has 3 N–H and O–H groups in total. The van der Waals surface area contributed by atoms with Gasteiger partial charge in [0, 0.05) is 5.69 Å². The number of anilines is 1. The van der Waals surface area contributed by atoms with E-state index in [2.05, 4.69) is 0 Å². The molecule has 0 radical (unpaired) electrons. The van der Waals surface area contributed by atoms with Gasteiger partial charge in [-0.2, -0.15) is 0 Å². The number of ether oxygens (including phenoxy) is 2. The fraction of sp³-hybridized carbons (Fsp3) is 0.133. The van der Waals surface area contributed by atoms with Gasteiger partial charge in [0.2, 0.25) is 0 Å². The van der Waals surface area contributed by atoms with Gasteiger partial charge in [0.1, 0.15) is 17.9 Å². The van der Waals surface area contributed by atoms with Crippen molar-refractivity contribution in [3.8, 4) is 11.5 Å². The quantitative estimate of drug-likeness (QED) is 0.829. The zero-order valence-corrected chi connectivity index (χ0v) is 12.1. The number of rotatable bonds is 5. The second-order valence-electron chi connectivity index (χ2n) is 4.32. The fourth-order valence-corrected chi connectivity index (χ4v) is 2.12. The van der Waals surface area contributed by atoms with E-state index in [4.69, 9.17) is 26.8 Å². The van der Waals surface area contributed by atoms with Gasteiger partial charge in [-0.1, -0.05) is 23.7 Å². The van der Waals surface area contributed by atoms with E-state index in [0.717, 1.165) is 5.56 Å². The minimum Gasteiger partial charge on any atom is -0.497 e. The number of carboxylic acid groups (broad SMARTS) is 1. The Morgan fingerprint density at radius 3 is 2.76 bits per heavy atom. The number of nitrogens with two attached hydrogens (primary N) is 1. The van der Waals surface area contributed by atoms with Crippen molar-refractivity contribution in [1.29, 1.82) is 0 Å². The van der Waals surface area contributed by atoms with Crippen LogP contribution in [-0.2, 0) is 6.61 Å². The maximum absolute atomic E-state index is 11.2. The molecule has 2 rings (SSSR count). The monoisotopic (exact) mass is 307 g/mol. The molecule has 0 saturated heterocycles. The lowest BCUT2D eigenvalue weighted by Gasteiger charge is -2.12. The highest BCUT2D eigenvalue weighted by Gasteiger charge is 2.16. The number of hydrogen-bond acceptors (Lipinski definition) is 4. The summed E-state index contributed by atoms with van der Waals surface area (Å²) in [6.45, 7) is 0.168. The smallest absolute Gasteiger partial charge is 0.339 e. The number of halogens is 1. The number of methoxy groups -OCH3 is 1. The standard InChI is InChI=1S/C15H14ClNO4/c1-20-11-4-2-3-9(5-11)8-21-14-12(15(18)19)6-10(17)7-13(14)16/h2-7H,8,17H2,1H3,(H,18,19). The van der Waals surface area contributed by atoms with Crippen molar-refractivity contribution < 1.29 is 19.4 Å². The molecule has 21 heavy (non-hydrogen) atoms. The van der Waals surface area contributed by atoms with Crippen LogP contribution in [-0.4, -0.2) is 18.2 Å². The van der Waals surface area contributed by atoms with Gasteiger partial charge in [-0.15, -0.1) is 0 Å². The third-order valence-corrected chi connectivity index (χ3v) is 3.09. The molecule has 2 aromatic carbocycles. The second-order valence-corrected chi connectivity index (χ2v) is 4.73. The van der Waals surface area contributed by atoms with Gasteiger partial charge < -0.3 is 20.3 Å². The van der Waals surface area contributed by atoms with Crippen LogP contribution in [0.3, 0.4) is 0 Å². The summed E-state index contributed by atoms with van der Waals surface area (Å²) in [7, 11) is 1.57. The van der Waals surface area contributed by atoms with Crippen LogP contribution >= 0.6 is 11.6 Å². The Kier molecular flexibility index (Phi) is 4.55. The van der Waals surface area contributed by atoms with Gasteiger partial charge in [-0.3, -0.25) is 0 Å². The minimum absolute atomic E-state index is 0.0668. The molecule has 0 amide bonds. The number of nitrogen functional groups attached to an aromatic ring is 1. The average Bonchev–Trinajstić information content (AvgIpc) is 2.45. The Labute approximate surface area is 126 Å². The summed E-state index contributed by atoms with van der Waals surface area (Å²) in [5.74, 6) is -0.357. The van der Waals surface area contributed by atoms with Crippen molar-refractivity contribution >= 4 is 23.3 Å². The summed E-state index contributed by atoms with van der Waals surface area (Å²) < 4.78 is 10.7. The van der Waals surface area contributed by atoms with Crippen LogP contribution in [0, 0.1) is 0 Å². The van der Waals surface area contributed by atoms with Crippen molar-refractivity contribution in [2.75, 3.05) is 12.8 Å². The molecule has 0 saturated carbocycles. The lowest BCUT2D eigenvalue weighted by molar-refractivity contribution is 0.0692. The predicted octanol–water partition coefficient (Wildman–Crippen LogP) is 3.21. The third kappa shape index (κ3) is 3.58. The molecule has 0 unspecified atom stereocenters. The highest BCUT2D eigenvalue weighted by atomic mass is 35.5. The van der Waals surface area contributed by atoms with E-state index in [9.17, 15) is 9.90 Å². The summed E-state index contributed by atoms with van der Waals surface area (Å²) in [5, 5.41) is 9.34. The Morgan fingerprint density at radius 1 is 1.33 bits per heavy atom. The molecule has 0 fully saturated rings. The second kappa shape index (κ2) is 6.37. The van der Waals surface area contributed by atoms with Gasteiger partial charge in [-0.05, 0) is 29.8 Å². The number of aromatic carboxylic acids is 1. The van der Waals surface area contributed by atoms with Crippen molar-refractivity contribution in [3.63, 3.8) is 0 Å². The van der Waals surface area contributed by atoms with E-state index in [1.54, 1.807) is 13.2 Å². The molecular formula is C15H14ClNO4.